The summed E-state index contributed by atoms with van der Waals surface area (Å²) in [5, 5.41) is 0. The zero-order chi connectivity index (χ0) is 16.1. The smallest absolute Gasteiger partial charge is 0.240 e. The van der Waals surface area contributed by atoms with Crippen LogP contribution in [-0.2, 0) is 14.8 Å². The molecule has 21 heavy (non-hydrogen) atoms. The van der Waals surface area contributed by atoms with Gasteiger partial charge in [0.05, 0.1) is 22.8 Å². The fraction of sp³-hybridized carbons (Fsp3) is 0.571. The van der Waals surface area contributed by atoms with Gasteiger partial charge in [0.15, 0.2) is 0 Å². The van der Waals surface area contributed by atoms with Crippen molar-refractivity contribution in [2.75, 3.05) is 25.5 Å². The highest BCUT2D eigenvalue weighted by Crippen LogP contribution is 2.25. The van der Waals surface area contributed by atoms with Crippen LogP contribution >= 0.6 is 0 Å². The van der Waals surface area contributed by atoms with Crippen LogP contribution < -0.4 is 15.2 Å². The van der Waals surface area contributed by atoms with E-state index < -0.39 is 10.0 Å². The highest BCUT2D eigenvalue weighted by molar-refractivity contribution is 7.89. The van der Waals surface area contributed by atoms with Gasteiger partial charge >= 0.3 is 0 Å². The lowest BCUT2D eigenvalue weighted by Crippen LogP contribution is -2.23. The largest absolute Gasteiger partial charge is 0.489 e. The zero-order valence-corrected chi connectivity index (χ0v) is 13.8. The molecule has 0 saturated heterocycles. The maximum absolute atomic E-state index is 11.9. The quantitative estimate of drug-likeness (QED) is 0.591. The van der Waals surface area contributed by atoms with Crippen molar-refractivity contribution in [2.24, 2.45) is 0 Å². The fourth-order valence-electron chi connectivity index (χ4n) is 1.58. The van der Waals surface area contributed by atoms with Crippen LogP contribution in [0, 0.1) is 0 Å². The summed E-state index contributed by atoms with van der Waals surface area (Å²) >= 11 is 0. The molecule has 3 N–H and O–H groups in total. The second-order valence-corrected chi connectivity index (χ2v) is 7.28. The molecule has 0 aliphatic carbocycles. The van der Waals surface area contributed by atoms with Crippen LogP contribution in [0.1, 0.15) is 27.7 Å². The van der Waals surface area contributed by atoms with Gasteiger partial charge in [-0.15, -0.1) is 0 Å². The van der Waals surface area contributed by atoms with Crippen molar-refractivity contribution in [3.63, 3.8) is 0 Å². The standard InChI is InChI=1S/C14H24N2O4S/c1-5-16-21(17,18)11-6-7-12(15)13(10-11)19-8-9-20-14(2,3)4/h6-7,10,16H,5,8-9,15H2,1-4H3. The summed E-state index contributed by atoms with van der Waals surface area (Å²) in [7, 11) is -3.52. The predicted molar refractivity (Wildman–Crippen MR) is 82.9 cm³/mol. The van der Waals surface area contributed by atoms with E-state index in [2.05, 4.69) is 4.72 Å². The van der Waals surface area contributed by atoms with Crippen molar-refractivity contribution >= 4 is 15.7 Å². The summed E-state index contributed by atoms with van der Waals surface area (Å²) in [6, 6.07) is 4.39. The minimum Gasteiger partial charge on any atom is -0.489 e. The monoisotopic (exact) mass is 316 g/mol. The van der Waals surface area contributed by atoms with E-state index in [-0.39, 0.29) is 10.5 Å². The number of nitrogens with two attached hydrogens (primary N) is 1. The predicted octanol–water partition coefficient (Wildman–Crippen LogP) is 1.76. The highest BCUT2D eigenvalue weighted by atomic mass is 32.2. The van der Waals surface area contributed by atoms with Gasteiger partial charge < -0.3 is 15.2 Å². The minimum absolute atomic E-state index is 0.130. The van der Waals surface area contributed by atoms with Gasteiger partial charge in [0, 0.05) is 12.6 Å². The van der Waals surface area contributed by atoms with E-state index in [1.54, 1.807) is 6.92 Å². The summed E-state index contributed by atoms with van der Waals surface area (Å²) < 4.78 is 37.3. The van der Waals surface area contributed by atoms with E-state index in [1.165, 1.54) is 18.2 Å². The molecule has 1 rings (SSSR count). The molecular weight excluding hydrogens is 292 g/mol. The molecule has 0 radical (unpaired) electrons. The fourth-order valence-corrected chi connectivity index (χ4v) is 2.64. The Kier molecular flexibility index (Phi) is 6.00. The van der Waals surface area contributed by atoms with Crippen molar-refractivity contribution in [3.05, 3.63) is 18.2 Å². The molecular formula is C14H24N2O4S. The molecule has 0 saturated carbocycles. The van der Waals surface area contributed by atoms with E-state index >= 15 is 0 Å². The number of ether oxygens (including phenoxy) is 2. The number of sulfonamides is 1. The number of nitrogens with one attached hydrogen (secondary N) is 1. The lowest BCUT2D eigenvalue weighted by Gasteiger charge is -2.19. The van der Waals surface area contributed by atoms with Crippen LogP contribution in [0.15, 0.2) is 23.1 Å². The van der Waals surface area contributed by atoms with Gasteiger partial charge in [-0.25, -0.2) is 13.1 Å². The van der Waals surface area contributed by atoms with E-state index in [0.717, 1.165) is 0 Å². The molecule has 0 heterocycles. The third kappa shape index (κ3) is 5.91. The van der Waals surface area contributed by atoms with Crippen LogP contribution in [0.3, 0.4) is 0 Å². The Bertz CT molecular complexity index is 565. The molecule has 1 aromatic carbocycles. The molecule has 0 unspecified atom stereocenters. The number of anilines is 1. The molecule has 0 spiro atoms. The summed E-state index contributed by atoms with van der Waals surface area (Å²) in [6.07, 6.45) is 0. The molecule has 120 valence electrons. The Morgan fingerprint density at radius 1 is 1.24 bits per heavy atom. The van der Waals surface area contributed by atoms with Crippen molar-refractivity contribution in [1.82, 2.24) is 4.72 Å². The number of hydrogen-bond acceptors (Lipinski definition) is 5. The van der Waals surface area contributed by atoms with E-state index in [9.17, 15) is 8.42 Å². The molecule has 0 amide bonds. The van der Waals surface area contributed by atoms with Gasteiger partial charge in [-0.3, -0.25) is 0 Å². The van der Waals surface area contributed by atoms with Gasteiger partial charge in [-0.05, 0) is 32.9 Å². The van der Waals surface area contributed by atoms with Crippen LogP contribution in [-0.4, -0.2) is 33.8 Å². The molecule has 0 aliphatic rings. The molecule has 0 aliphatic heterocycles. The molecule has 0 bridgehead atoms. The Balaban J connectivity index is 2.75. The van der Waals surface area contributed by atoms with Crippen LogP contribution in [0.25, 0.3) is 0 Å². The van der Waals surface area contributed by atoms with Gasteiger partial charge in [-0.2, -0.15) is 0 Å². The Hall–Kier alpha value is -1.31. The zero-order valence-electron chi connectivity index (χ0n) is 13.0. The Morgan fingerprint density at radius 2 is 1.90 bits per heavy atom. The lowest BCUT2D eigenvalue weighted by molar-refractivity contribution is -0.0162. The molecule has 0 aromatic heterocycles. The minimum atomic E-state index is -3.52. The topological polar surface area (TPSA) is 90.7 Å². The SMILES string of the molecule is CCNS(=O)(=O)c1ccc(N)c(OCCOC(C)(C)C)c1. The highest BCUT2D eigenvalue weighted by Gasteiger charge is 2.15. The molecule has 6 nitrogen and oxygen atoms in total. The summed E-state index contributed by atoms with van der Waals surface area (Å²) in [4.78, 5) is 0.130. The summed E-state index contributed by atoms with van der Waals surface area (Å²) in [5.41, 5.74) is 5.94. The van der Waals surface area contributed by atoms with Crippen molar-refractivity contribution in [3.8, 4) is 5.75 Å². The first kappa shape index (κ1) is 17.7. The number of nitrogen functional groups attached to an aromatic ring is 1. The summed E-state index contributed by atoms with van der Waals surface area (Å²) in [5.74, 6) is 0.339. The molecule has 1 aromatic rings. The van der Waals surface area contributed by atoms with Gasteiger partial charge in [0.2, 0.25) is 10.0 Å². The Morgan fingerprint density at radius 3 is 2.48 bits per heavy atom. The third-order valence-electron chi connectivity index (χ3n) is 2.51. The first-order valence-corrected chi connectivity index (χ1v) is 8.30. The molecule has 7 heteroatoms. The lowest BCUT2D eigenvalue weighted by atomic mass is 10.2. The van der Waals surface area contributed by atoms with Gasteiger partial charge in [-0.1, -0.05) is 6.92 Å². The van der Waals surface area contributed by atoms with E-state index in [0.29, 0.717) is 31.2 Å². The van der Waals surface area contributed by atoms with Crippen molar-refractivity contribution in [2.45, 2.75) is 38.2 Å². The third-order valence-corrected chi connectivity index (χ3v) is 4.05. The Labute approximate surface area is 126 Å². The van der Waals surface area contributed by atoms with Crippen molar-refractivity contribution < 1.29 is 17.9 Å². The maximum Gasteiger partial charge on any atom is 0.240 e. The molecule has 0 fully saturated rings. The number of benzene rings is 1. The number of rotatable bonds is 7. The van der Waals surface area contributed by atoms with Crippen molar-refractivity contribution in [1.29, 1.82) is 0 Å². The van der Waals surface area contributed by atoms with Crippen LogP contribution in [0.5, 0.6) is 5.75 Å². The van der Waals surface area contributed by atoms with Crippen LogP contribution in [0.2, 0.25) is 0 Å². The van der Waals surface area contributed by atoms with Gasteiger partial charge in [0.25, 0.3) is 0 Å². The summed E-state index contributed by atoms with van der Waals surface area (Å²) in [6.45, 7) is 8.58. The van der Waals surface area contributed by atoms with Crippen LogP contribution in [0.4, 0.5) is 5.69 Å². The first-order valence-electron chi connectivity index (χ1n) is 6.81. The normalized spacial score (nSPS) is 12.4. The maximum atomic E-state index is 11.9. The second kappa shape index (κ2) is 7.11. The number of hydrogen-bond donors (Lipinski definition) is 2. The van der Waals surface area contributed by atoms with E-state index in [4.69, 9.17) is 15.2 Å². The first-order chi connectivity index (χ1) is 9.65. The second-order valence-electron chi connectivity index (χ2n) is 5.51. The van der Waals surface area contributed by atoms with E-state index in [1.807, 2.05) is 20.8 Å². The average molecular weight is 316 g/mol. The van der Waals surface area contributed by atoms with Gasteiger partial charge in [0.1, 0.15) is 12.4 Å². The molecule has 0 atom stereocenters. The average Bonchev–Trinajstić information content (AvgIpc) is 2.35.